The molecule has 3 saturated heterocycles. The number of rotatable bonds is 4. The van der Waals surface area contributed by atoms with Crippen LogP contribution in [0.1, 0.15) is 31.0 Å². The molecule has 0 spiro atoms. The summed E-state index contributed by atoms with van der Waals surface area (Å²) in [6.07, 6.45) is 3.65. The lowest BCUT2D eigenvalue weighted by molar-refractivity contribution is -0.0988. The fraction of sp³-hybridized carbons (Fsp3) is 0.722. The molecule has 3 aliphatic rings. The van der Waals surface area contributed by atoms with E-state index in [1.807, 2.05) is 10.6 Å². The quantitative estimate of drug-likeness (QED) is 0.805. The van der Waals surface area contributed by atoms with E-state index in [1.54, 1.807) is 0 Å². The summed E-state index contributed by atoms with van der Waals surface area (Å²) in [5, 5.41) is 13.6. The number of likely N-dealkylation sites (tertiary alicyclic amines) is 1. The Bertz CT molecular complexity index is 747. The molecule has 140 valence electrons. The third-order valence-electron chi connectivity index (χ3n) is 5.75. The molecule has 8 nitrogen and oxygen atoms in total. The summed E-state index contributed by atoms with van der Waals surface area (Å²) in [7, 11) is 0. The second-order valence-electron chi connectivity index (χ2n) is 7.50. The van der Waals surface area contributed by atoms with Crippen molar-refractivity contribution in [2.75, 3.05) is 57.4 Å². The van der Waals surface area contributed by atoms with Crippen molar-refractivity contribution in [3.8, 4) is 0 Å². The van der Waals surface area contributed by atoms with Crippen molar-refractivity contribution in [2.45, 2.75) is 31.3 Å². The van der Waals surface area contributed by atoms with Crippen LogP contribution in [0.2, 0.25) is 0 Å². The largest absolute Gasteiger partial charge is 0.376 e. The molecule has 2 aromatic rings. The first-order chi connectivity index (χ1) is 12.9. The Morgan fingerprint density at radius 1 is 1.04 bits per heavy atom. The fourth-order valence-corrected chi connectivity index (χ4v) is 4.07. The highest BCUT2D eigenvalue weighted by molar-refractivity contribution is 5.47. The summed E-state index contributed by atoms with van der Waals surface area (Å²) in [5.41, 5.74) is 0.847. The lowest BCUT2D eigenvalue weighted by Gasteiger charge is -2.34. The Kier molecular flexibility index (Phi) is 4.48. The minimum absolute atomic E-state index is 0.218. The molecule has 5 heterocycles. The van der Waals surface area contributed by atoms with E-state index in [9.17, 15) is 0 Å². The van der Waals surface area contributed by atoms with Crippen LogP contribution in [-0.2, 0) is 9.47 Å². The van der Waals surface area contributed by atoms with Gasteiger partial charge in [0.05, 0.1) is 25.9 Å². The second kappa shape index (κ2) is 7.09. The van der Waals surface area contributed by atoms with E-state index < -0.39 is 0 Å². The summed E-state index contributed by atoms with van der Waals surface area (Å²) in [6.45, 7) is 7.45. The number of aromatic nitrogens is 4. The van der Waals surface area contributed by atoms with Crippen molar-refractivity contribution < 1.29 is 9.47 Å². The number of piperidine rings is 1. The van der Waals surface area contributed by atoms with Gasteiger partial charge in [-0.1, -0.05) is 0 Å². The first-order valence-corrected chi connectivity index (χ1v) is 9.76. The number of hydrogen-bond acceptors (Lipinski definition) is 7. The molecule has 0 bridgehead atoms. The second-order valence-corrected chi connectivity index (χ2v) is 7.50. The zero-order valence-electron chi connectivity index (χ0n) is 15.1. The predicted octanol–water partition coefficient (Wildman–Crippen LogP) is 0.929. The van der Waals surface area contributed by atoms with E-state index in [0.29, 0.717) is 5.92 Å². The fourth-order valence-electron chi connectivity index (χ4n) is 4.07. The van der Waals surface area contributed by atoms with Crippen LogP contribution in [0.25, 0.3) is 5.65 Å². The Labute approximate surface area is 153 Å². The van der Waals surface area contributed by atoms with Gasteiger partial charge >= 0.3 is 0 Å². The van der Waals surface area contributed by atoms with Crippen LogP contribution in [0, 0.1) is 0 Å². The van der Waals surface area contributed by atoms with Gasteiger partial charge in [0, 0.05) is 25.6 Å². The number of anilines is 1. The van der Waals surface area contributed by atoms with E-state index in [1.165, 1.54) is 6.42 Å². The van der Waals surface area contributed by atoms with E-state index in [4.69, 9.17) is 14.6 Å². The molecule has 8 heteroatoms. The van der Waals surface area contributed by atoms with Crippen LogP contribution in [0.15, 0.2) is 12.1 Å². The number of ether oxygens (including phenoxy) is 2. The molecule has 5 rings (SSSR count). The van der Waals surface area contributed by atoms with Crippen LogP contribution >= 0.6 is 0 Å². The van der Waals surface area contributed by atoms with Crippen molar-refractivity contribution in [2.24, 2.45) is 0 Å². The average Bonchev–Trinajstić information content (AvgIpc) is 3.05. The maximum absolute atomic E-state index is 5.78. The summed E-state index contributed by atoms with van der Waals surface area (Å²) < 4.78 is 13.3. The third-order valence-corrected chi connectivity index (χ3v) is 5.75. The molecule has 3 aliphatic heterocycles. The topological polar surface area (TPSA) is 68.0 Å². The Hall–Kier alpha value is -1.77. The van der Waals surface area contributed by atoms with Gasteiger partial charge in [0.2, 0.25) is 0 Å². The molecule has 3 fully saturated rings. The number of nitrogens with zero attached hydrogens (tertiary/aromatic N) is 6. The van der Waals surface area contributed by atoms with Gasteiger partial charge in [-0.15, -0.1) is 15.3 Å². The number of fused-ring (bicyclic) bond motifs is 1. The maximum atomic E-state index is 5.78. The maximum Gasteiger partial charge on any atom is 0.178 e. The van der Waals surface area contributed by atoms with Gasteiger partial charge in [-0.25, -0.2) is 0 Å². The molecule has 0 N–H and O–H groups in total. The summed E-state index contributed by atoms with van der Waals surface area (Å²) in [6, 6.07) is 4.09. The van der Waals surface area contributed by atoms with Crippen LogP contribution < -0.4 is 4.90 Å². The monoisotopic (exact) mass is 358 g/mol. The average molecular weight is 358 g/mol. The minimum Gasteiger partial charge on any atom is -0.376 e. The Morgan fingerprint density at radius 3 is 2.65 bits per heavy atom. The lowest BCUT2D eigenvalue weighted by Crippen LogP contribution is -2.43. The van der Waals surface area contributed by atoms with Crippen molar-refractivity contribution in [3.63, 3.8) is 0 Å². The Morgan fingerprint density at radius 2 is 1.92 bits per heavy atom. The highest BCUT2D eigenvalue weighted by atomic mass is 16.6. The minimum atomic E-state index is 0.218. The standard InChI is InChI=1S/C18H26N6O2/c1-6-23(7-1)17-3-2-16-19-20-18(24(16)21-17)14-4-8-22(9-5-14)12-15-13-25-10-11-26-15/h2-3,14-15H,1,4-13H2. The van der Waals surface area contributed by atoms with Crippen molar-refractivity contribution >= 4 is 11.5 Å². The van der Waals surface area contributed by atoms with Crippen molar-refractivity contribution in [3.05, 3.63) is 18.0 Å². The smallest absolute Gasteiger partial charge is 0.178 e. The molecule has 0 radical (unpaired) electrons. The molecule has 2 aromatic heterocycles. The highest BCUT2D eigenvalue weighted by Crippen LogP contribution is 2.28. The SMILES string of the molecule is c1cc2nnc(C3CCN(CC4COCCO4)CC3)n2nc1N1CCC1. The summed E-state index contributed by atoms with van der Waals surface area (Å²) >= 11 is 0. The molecule has 1 atom stereocenters. The first-order valence-electron chi connectivity index (χ1n) is 9.76. The van der Waals surface area contributed by atoms with Crippen LogP contribution in [-0.4, -0.2) is 83.4 Å². The third kappa shape index (κ3) is 3.17. The highest BCUT2D eigenvalue weighted by Gasteiger charge is 2.27. The van der Waals surface area contributed by atoms with Gasteiger partial charge in [-0.05, 0) is 44.5 Å². The predicted molar refractivity (Wildman–Crippen MR) is 96.6 cm³/mol. The van der Waals surface area contributed by atoms with E-state index in [0.717, 1.165) is 82.7 Å². The van der Waals surface area contributed by atoms with E-state index >= 15 is 0 Å². The first kappa shape index (κ1) is 16.4. The molecule has 0 saturated carbocycles. The van der Waals surface area contributed by atoms with Gasteiger partial charge < -0.3 is 19.3 Å². The normalized spacial score (nSPS) is 25.5. The molecule has 0 aromatic carbocycles. The molecule has 1 unspecified atom stereocenters. The van der Waals surface area contributed by atoms with Crippen molar-refractivity contribution in [1.82, 2.24) is 24.7 Å². The van der Waals surface area contributed by atoms with Crippen LogP contribution in [0.4, 0.5) is 5.82 Å². The van der Waals surface area contributed by atoms with Gasteiger partial charge in [0.25, 0.3) is 0 Å². The van der Waals surface area contributed by atoms with Crippen molar-refractivity contribution in [1.29, 1.82) is 0 Å². The zero-order valence-corrected chi connectivity index (χ0v) is 15.1. The summed E-state index contributed by atoms with van der Waals surface area (Å²) in [4.78, 5) is 4.79. The summed E-state index contributed by atoms with van der Waals surface area (Å²) in [5.74, 6) is 2.47. The molecule has 0 aliphatic carbocycles. The molecular weight excluding hydrogens is 332 g/mol. The Balaban J connectivity index is 1.25. The van der Waals surface area contributed by atoms with Gasteiger partial charge in [0.1, 0.15) is 5.82 Å². The number of hydrogen-bond donors (Lipinski definition) is 0. The van der Waals surface area contributed by atoms with Crippen LogP contribution in [0.3, 0.4) is 0 Å². The van der Waals surface area contributed by atoms with E-state index in [-0.39, 0.29) is 6.10 Å². The van der Waals surface area contributed by atoms with E-state index in [2.05, 4.69) is 26.1 Å². The van der Waals surface area contributed by atoms with Gasteiger partial charge in [0.15, 0.2) is 11.5 Å². The van der Waals surface area contributed by atoms with Gasteiger partial charge in [-0.2, -0.15) is 4.52 Å². The van der Waals surface area contributed by atoms with Crippen LogP contribution in [0.5, 0.6) is 0 Å². The lowest BCUT2D eigenvalue weighted by atomic mass is 9.96. The van der Waals surface area contributed by atoms with Gasteiger partial charge in [-0.3, -0.25) is 0 Å². The molecule has 0 amide bonds. The molecular formula is C18H26N6O2. The molecule has 26 heavy (non-hydrogen) atoms. The zero-order chi connectivity index (χ0) is 17.3.